The Bertz CT molecular complexity index is 467. The lowest BCUT2D eigenvalue weighted by atomic mass is 10.1. The van der Waals surface area contributed by atoms with E-state index in [1.165, 1.54) is 11.3 Å². The standard InChI is InChI=1S/C11H12N2OS/c1-7-3-5-15-11(7)10(14)8-6-13-4-2-9(8)12/h2-6,10,14H,1H3,(H2,12,13). The van der Waals surface area contributed by atoms with Crippen molar-refractivity contribution in [2.45, 2.75) is 13.0 Å². The highest BCUT2D eigenvalue weighted by Gasteiger charge is 2.16. The van der Waals surface area contributed by atoms with Gasteiger partial charge in [0, 0.05) is 28.5 Å². The molecule has 15 heavy (non-hydrogen) atoms. The number of nitrogens with two attached hydrogens (primary N) is 1. The van der Waals surface area contributed by atoms with Crippen LogP contribution in [-0.4, -0.2) is 10.1 Å². The van der Waals surface area contributed by atoms with E-state index < -0.39 is 6.10 Å². The van der Waals surface area contributed by atoms with Crippen molar-refractivity contribution in [1.29, 1.82) is 0 Å². The van der Waals surface area contributed by atoms with Crippen LogP contribution in [-0.2, 0) is 0 Å². The van der Waals surface area contributed by atoms with Crippen molar-refractivity contribution >= 4 is 17.0 Å². The van der Waals surface area contributed by atoms with E-state index in [4.69, 9.17) is 5.73 Å². The monoisotopic (exact) mass is 220 g/mol. The van der Waals surface area contributed by atoms with Gasteiger partial charge in [-0.25, -0.2) is 0 Å². The minimum Gasteiger partial charge on any atom is -0.398 e. The molecular weight excluding hydrogens is 208 g/mol. The Morgan fingerprint density at radius 1 is 1.47 bits per heavy atom. The fourth-order valence-electron chi connectivity index (χ4n) is 1.45. The van der Waals surface area contributed by atoms with E-state index in [2.05, 4.69) is 4.98 Å². The Labute approximate surface area is 92.2 Å². The molecule has 3 nitrogen and oxygen atoms in total. The molecule has 2 heterocycles. The second-order valence-corrected chi connectivity index (χ2v) is 4.32. The smallest absolute Gasteiger partial charge is 0.117 e. The largest absolute Gasteiger partial charge is 0.398 e. The van der Waals surface area contributed by atoms with Gasteiger partial charge in [-0.2, -0.15) is 0 Å². The van der Waals surface area contributed by atoms with Gasteiger partial charge in [0.1, 0.15) is 6.10 Å². The summed E-state index contributed by atoms with van der Waals surface area (Å²) in [5.41, 5.74) is 8.11. The fourth-order valence-corrected chi connectivity index (χ4v) is 2.38. The lowest BCUT2D eigenvalue weighted by Gasteiger charge is -2.12. The normalized spacial score (nSPS) is 12.7. The topological polar surface area (TPSA) is 59.1 Å². The molecule has 0 aromatic carbocycles. The van der Waals surface area contributed by atoms with Gasteiger partial charge in [0.2, 0.25) is 0 Å². The zero-order valence-corrected chi connectivity index (χ0v) is 9.16. The van der Waals surface area contributed by atoms with Gasteiger partial charge in [0.05, 0.1) is 0 Å². The highest BCUT2D eigenvalue weighted by Crippen LogP contribution is 2.31. The zero-order chi connectivity index (χ0) is 10.8. The average Bonchev–Trinajstić information content (AvgIpc) is 2.64. The number of nitrogen functional groups attached to an aromatic ring is 1. The van der Waals surface area contributed by atoms with Gasteiger partial charge >= 0.3 is 0 Å². The number of aliphatic hydroxyl groups excluding tert-OH is 1. The molecule has 0 fully saturated rings. The number of anilines is 1. The van der Waals surface area contributed by atoms with Gasteiger partial charge < -0.3 is 10.8 Å². The highest BCUT2D eigenvalue weighted by molar-refractivity contribution is 7.10. The molecule has 0 saturated carbocycles. The van der Waals surface area contributed by atoms with Crippen LogP contribution in [0.3, 0.4) is 0 Å². The molecule has 2 aromatic rings. The number of hydrogen-bond donors (Lipinski definition) is 2. The zero-order valence-electron chi connectivity index (χ0n) is 8.34. The molecule has 3 N–H and O–H groups in total. The minimum absolute atomic E-state index is 0.574. The number of rotatable bonds is 2. The lowest BCUT2D eigenvalue weighted by molar-refractivity contribution is 0.224. The van der Waals surface area contributed by atoms with Crippen LogP contribution in [0.1, 0.15) is 22.1 Å². The van der Waals surface area contributed by atoms with Crippen molar-refractivity contribution in [2.24, 2.45) is 0 Å². The first-order valence-corrected chi connectivity index (χ1v) is 5.49. The van der Waals surface area contributed by atoms with E-state index >= 15 is 0 Å². The predicted molar refractivity (Wildman–Crippen MR) is 61.8 cm³/mol. The van der Waals surface area contributed by atoms with Crippen molar-refractivity contribution in [3.63, 3.8) is 0 Å². The maximum atomic E-state index is 10.1. The SMILES string of the molecule is Cc1ccsc1C(O)c1cnccc1N. The lowest BCUT2D eigenvalue weighted by Crippen LogP contribution is -2.03. The van der Waals surface area contributed by atoms with E-state index in [1.54, 1.807) is 18.5 Å². The molecule has 4 heteroatoms. The molecule has 0 aliphatic carbocycles. The van der Waals surface area contributed by atoms with Crippen molar-refractivity contribution in [3.8, 4) is 0 Å². The summed E-state index contributed by atoms with van der Waals surface area (Å²) < 4.78 is 0. The van der Waals surface area contributed by atoms with Gasteiger partial charge in [-0.15, -0.1) is 11.3 Å². The summed E-state index contributed by atoms with van der Waals surface area (Å²) in [6.07, 6.45) is 2.56. The average molecular weight is 220 g/mol. The maximum absolute atomic E-state index is 10.1. The molecule has 0 aliphatic rings. The van der Waals surface area contributed by atoms with Gasteiger partial charge in [0.25, 0.3) is 0 Å². The molecule has 2 rings (SSSR count). The first-order chi connectivity index (χ1) is 7.20. The molecule has 0 bridgehead atoms. The number of pyridine rings is 1. The van der Waals surface area contributed by atoms with Crippen molar-refractivity contribution < 1.29 is 5.11 Å². The molecule has 2 aromatic heterocycles. The van der Waals surface area contributed by atoms with Crippen LogP contribution >= 0.6 is 11.3 Å². The fraction of sp³-hybridized carbons (Fsp3) is 0.182. The molecule has 78 valence electrons. The first-order valence-electron chi connectivity index (χ1n) is 4.61. The van der Waals surface area contributed by atoms with Crippen LogP contribution in [0.25, 0.3) is 0 Å². The molecule has 0 amide bonds. The Kier molecular flexibility index (Phi) is 2.70. The van der Waals surface area contributed by atoms with E-state index in [0.29, 0.717) is 11.3 Å². The van der Waals surface area contributed by atoms with Crippen LogP contribution in [0.4, 0.5) is 5.69 Å². The summed E-state index contributed by atoms with van der Waals surface area (Å²) in [5, 5.41) is 12.1. The van der Waals surface area contributed by atoms with Crippen molar-refractivity contribution in [3.05, 3.63) is 45.9 Å². The van der Waals surface area contributed by atoms with Gasteiger partial charge in [-0.05, 0) is 30.0 Å². The molecule has 1 unspecified atom stereocenters. The second kappa shape index (κ2) is 4.00. The first kappa shape index (κ1) is 10.1. The third-order valence-corrected chi connectivity index (χ3v) is 3.40. The number of aryl methyl sites for hydroxylation is 1. The number of nitrogens with zero attached hydrogens (tertiary/aromatic N) is 1. The van der Waals surface area contributed by atoms with E-state index in [9.17, 15) is 5.11 Å². The van der Waals surface area contributed by atoms with Crippen molar-refractivity contribution in [1.82, 2.24) is 4.98 Å². The second-order valence-electron chi connectivity index (χ2n) is 3.37. The number of hydrogen-bond acceptors (Lipinski definition) is 4. The summed E-state index contributed by atoms with van der Waals surface area (Å²) in [5.74, 6) is 0. The van der Waals surface area contributed by atoms with Crippen LogP contribution in [0.5, 0.6) is 0 Å². The van der Waals surface area contributed by atoms with Gasteiger partial charge in [0.15, 0.2) is 0 Å². The third kappa shape index (κ3) is 1.86. The quantitative estimate of drug-likeness (QED) is 0.815. The number of thiophene rings is 1. The Balaban J connectivity index is 2.41. The van der Waals surface area contributed by atoms with Gasteiger partial charge in [-0.1, -0.05) is 0 Å². The molecule has 1 atom stereocenters. The number of aromatic nitrogens is 1. The Hall–Kier alpha value is -1.39. The molecule has 0 saturated heterocycles. The predicted octanol–water partition coefficient (Wildman–Crippen LogP) is 2.12. The Morgan fingerprint density at radius 2 is 2.27 bits per heavy atom. The van der Waals surface area contributed by atoms with Gasteiger partial charge in [-0.3, -0.25) is 4.98 Å². The molecule has 0 aliphatic heterocycles. The summed E-state index contributed by atoms with van der Waals surface area (Å²) >= 11 is 1.53. The van der Waals surface area contributed by atoms with E-state index in [1.807, 2.05) is 18.4 Å². The van der Waals surface area contributed by atoms with Crippen LogP contribution in [0.2, 0.25) is 0 Å². The Morgan fingerprint density at radius 3 is 2.87 bits per heavy atom. The molecule has 0 spiro atoms. The maximum Gasteiger partial charge on any atom is 0.117 e. The van der Waals surface area contributed by atoms with Crippen LogP contribution in [0, 0.1) is 6.92 Å². The van der Waals surface area contributed by atoms with Crippen LogP contribution < -0.4 is 5.73 Å². The summed E-state index contributed by atoms with van der Waals surface area (Å²) in [4.78, 5) is 4.90. The molecular formula is C11H12N2OS. The summed E-state index contributed by atoms with van der Waals surface area (Å²) in [6, 6.07) is 3.68. The third-order valence-electron chi connectivity index (χ3n) is 2.33. The summed E-state index contributed by atoms with van der Waals surface area (Å²) in [7, 11) is 0. The minimum atomic E-state index is -0.668. The van der Waals surface area contributed by atoms with Crippen LogP contribution in [0.15, 0.2) is 29.9 Å². The van der Waals surface area contributed by atoms with Crippen molar-refractivity contribution in [2.75, 3.05) is 5.73 Å². The highest BCUT2D eigenvalue weighted by atomic mass is 32.1. The molecule has 0 radical (unpaired) electrons. The van der Waals surface area contributed by atoms with E-state index in [0.717, 1.165) is 10.4 Å². The number of aliphatic hydroxyl groups is 1. The summed E-state index contributed by atoms with van der Waals surface area (Å²) in [6.45, 7) is 1.97. The van der Waals surface area contributed by atoms with E-state index in [-0.39, 0.29) is 0 Å².